The molecule has 2 aromatic carbocycles. The number of rotatable bonds is 5. The van der Waals surface area contributed by atoms with Crippen LogP contribution in [0.1, 0.15) is 31.1 Å². The van der Waals surface area contributed by atoms with Crippen molar-refractivity contribution in [3.8, 4) is 16.9 Å². The fraction of sp³-hybridized carbons (Fsp3) is 0.250. The molecular formula is C20H22N2O5. The van der Waals surface area contributed by atoms with Gasteiger partial charge in [-0.05, 0) is 56.2 Å². The van der Waals surface area contributed by atoms with Crippen molar-refractivity contribution in [1.82, 2.24) is 10.6 Å². The highest BCUT2D eigenvalue weighted by Gasteiger charge is 2.21. The van der Waals surface area contributed by atoms with E-state index in [1.807, 2.05) is 0 Å². The first-order valence-corrected chi connectivity index (χ1v) is 8.48. The third-order valence-electron chi connectivity index (χ3n) is 3.63. The highest BCUT2D eigenvalue weighted by Crippen LogP contribution is 2.22. The van der Waals surface area contributed by atoms with Crippen LogP contribution in [0.4, 0.5) is 4.79 Å². The third-order valence-corrected chi connectivity index (χ3v) is 3.63. The second kappa shape index (κ2) is 8.84. The van der Waals surface area contributed by atoms with Gasteiger partial charge in [0.25, 0.3) is 5.91 Å². The predicted molar refractivity (Wildman–Crippen MR) is 100 cm³/mol. The number of carbonyl (C=O) groups is 3. The zero-order valence-electron chi connectivity index (χ0n) is 15.4. The average molecular weight is 370 g/mol. The van der Waals surface area contributed by atoms with Crippen molar-refractivity contribution >= 4 is 17.9 Å². The molecule has 7 heteroatoms. The van der Waals surface area contributed by atoms with Gasteiger partial charge in [0.2, 0.25) is 0 Å². The lowest BCUT2D eigenvalue weighted by atomic mass is 10.0. The van der Waals surface area contributed by atoms with Crippen LogP contribution in [0.2, 0.25) is 0 Å². The van der Waals surface area contributed by atoms with Gasteiger partial charge in [-0.25, -0.2) is 9.59 Å². The van der Waals surface area contributed by atoms with E-state index < -0.39 is 24.0 Å². The van der Waals surface area contributed by atoms with Gasteiger partial charge >= 0.3 is 12.0 Å². The van der Waals surface area contributed by atoms with E-state index in [2.05, 4.69) is 10.6 Å². The number of aromatic hydroxyl groups is 1. The van der Waals surface area contributed by atoms with Crippen molar-refractivity contribution in [2.24, 2.45) is 0 Å². The summed E-state index contributed by atoms with van der Waals surface area (Å²) < 4.78 is 5.10. The maximum absolute atomic E-state index is 12.2. The molecule has 0 saturated carbocycles. The fourth-order valence-corrected chi connectivity index (χ4v) is 2.25. The van der Waals surface area contributed by atoms with Gasteiger partial charge in [-0.15, -0.1) is 0 Å². The molecule has 2 rings (SSSR count). The molecule has 0 aromatic heterocycles. The number of nitrogens with one attached hydrogen (secondary N) is 2. The quantitative estimate of drug-likeness (QED) is 0.702. The topological polar surface area (TPSA) is 105 Å². The molecule has 0 unspecified atom stereocenters. The molecule has 0 aliphatic carbocycles. The molecule has 142 valence electrons. The first kappa shape index (κ1) is 20.0. The lowest BCUT2D eigenvalue weighted by Crippen LogP contribution is -2.46. The number of phenolic OH excluding ortho intramolecular Hbond substituents is 1. The van der Waals surface area contributed by atoms with Crippen LogP contribution in [0.25, 0.3) is 11.1 Å². The smallest absolute Gasteiger partial charge is 0.338 e. The Labute approximate surface area is 157 Å². The summed E-state index contributed by atoms with van der Waals surface area (Å²) in [4.78, 5) is 35.6. The largest absolute Gasteiger partial charge is 0.508 e. The van der Waals surface area contributed by atoms with Crippen LogP contribution in [-0.2, 0) is 9.53 Å². The van der Waals surface area contributed by atoms with Crippen LogP contribution >= 0.6 is 0 Å². The highest BCUT2D eigenvalue weighted by atomic mass is 16.5. The number of phenols is 1. The minimum Gasteiger partial charge on any atom is -0.508 e. The van der Waals surface area contributed by atoms with Crippen LogP contribution in [0.5, 0.6) is 5.75 Å². The Bertz CT molecular complexity index is 813. The molecule has 0 fully saturated rings. The van der Waals surface area contributed by atoms with Crippen LogP contribution in [0, 0.1) is 0 Å². The molecule has 7 nitrogen and oxygen atoms in total. The van der Waals surface area contributed by atoms with Gasteiger partial charge in [-0.3, -0.25) is 10.1 Å². The minimum absolute atomic E-state index is 0.122. The van der Waals surface area contributed by atoms with E-state index in [0.717, 1.165) is 11.1 Å². The van der Waals surface area contributed by atoms with Crippen molar-refractivity contribution in [2.45, 2.75) is 32.9 Å². The van der Waals surface area contributed by atoms with Crippen molar-refractivity contribution in [3.63, 3.8) is 0 Å². The first-order chi connectivity index (χ1) is 12.8. The number of hydrogen-bond acceptors (Lipinski definition) is 5. The van der Waals surface area contributed by atoms with Gasteiger partial charge in [0, 0.05) is 6.04 Å². The molecule has 3 N–H and O–H groups in total. The molecule has 3 amide bonds. The molecule has 0 aliphatic heterocycles. The van der Waals surface area contributed by atoms with E-state index in [-0.39, 0.29) is 17.4 Å². The number of hydrogen-bond donors (Lipinski definition) is 3. The Morgan fingerprint density at radius 3 is 1.93 bits per heavy atom. The molecule has 0 spiro atoms. The minimum atomic E-state index is -1.12. The average Bonchev–Trinajstić information content (AvgIpc) is 2.61. The summed E-state index contributed by atoms with van der Waals surface area (Å²) in [5.74, 6) is -1.20. The van der Waals surface area contributed by atoms with Crippen LogP contribution < -0.4 is 10.6 Å². The van der Waals surface area contributed by atoms with Gasteiger partial charge in [-0.2, -0.15) is 0 Å². The third kappa shape index (κ3) is 5.85. The van der Waals surface area contributed by atoms with E-state index in [4.69, 9.17) is 4.74 Å². The van der Waals surface area contributed by atoms with Gasteiger partial charge in [0.05, 0.1) is 5.56 Å². The SMILES string of the molecule is CC(C)NC(=O)NC(=O)[C@H](C)OC(=O)c1ccc(-c2ccc(O)cc2)cc1. The van der Waals surface area contributed by atoms with Crippen LogP contribution in [0.15, 0.2) is 48.5 Å². The summed E-state index contributed by atoms with van der Waals surface area (Å²) in [6, 6.07) is 12.6. The predicted octanol–water partition coefficient (Wildman–Crippen LogP) is 2.84. The Kier molecular flexibility index (Phi) is 6.54. The summed E-state index contributed by atoms with van der Waals surface area (Å²) in [6.45, 7) is 4.91. The fourth-order valence-electron chi connectivity index (χ4n) is 2.25. The Morgan fingerprint density at radius 2 is 1.41 bits per heavy atom. The Balaban J connectivity index is 1.96. The molecular weight excluding hydrogens is 348 g/mol. The number of benzene rings is 2. The summed E-state index contributed by atoms with van der Waals surface area (Å²) in [7, 11) is 0. The normalized spacial score (nSPS) is 11.6. The molecule has 0 aliphatic rings. The van der Waals surface area contributed by atoms with E-state index in [1.165, 1.54) is 6.92 Å². The summed E-state index contributed by atoms with van der Waals surface area (Å²) >= 11 is 0. The summed E-state index contributed by atoms with van der Waals surface area (Å²) in [5.41, 5.74) is 2.03. The molecule has 2 aromatic rings. The second-order valence-corrected chi connectivity index (χ2v) is 6.29. The lowest BCUT2D eigenvalue weighted by molar-refractivity contribution is -0.127. The zero-order chi connectivity index (χ0) is 20.0. The molecule has 1 atom stereocenters. The van der Waals surface area contributed by atoms with Gasteiger partial charge in [0.15, 0.2) is 6.10 Å². The Hall–Kier alpha value is -3.35. The number of imide groups is 1. The standard InChI is InChI=1S/C20H22N2O5/c1-12(2)21-20(26)22-18(24)13(3)27-19(25)16-6-4-14(5-7-16)15-8-10-17(23)11-9-15/h4-13,23H,1-3H3,(H2,21,22,24,26)/t13-/m0/s1. The van der Waals surface area contributed by atoms with Gasteiger partial charge in [0.1, 0.15) is 5.75 Å². The van der Waals surface area contributed by atoms with E-state index in [9.17, 15) is 19.5 Å². The highest BCUT2D eigenvalue weighted by molar-refractivity contribution is 5.98. The van der Waals surface area contributed by atoms with Crippen LogP contribution in [0.3, 0.4) is 0 Å². The maximum Gasteiger partial charge on any atom is 0.338 e. The Morgan fingerprint density at radius 1 is 0.889 bits per heavy atom. The lowest BCUT2D eigenvalue weighted by Gasteiger charge is -2.14. The maximum atomic E-state index is 12.2. The number of carbonyl (C=O) groups excluding carboxylic acids is 3. The van der Waals surface area contributed by atoms with E-state index in [1.54, 1.807) is 62.4 Å². The van der Waals surface area contributed by atoms with E-state index in [0.29, 0.717) is 0 Å². The first-order valence-electron chi connectivity index (χ1n) is 8.48. The van der Waals surface area contributed by atoms with Gasteiger partial charge < -0.3 is 15.2 Å². The summed E-state index contributed by atoms with van der Waals surface area (Å²) in [6.07, 6.45) is -1.12. The van der Waals surface area contributed by atoms with Crippen molar-refractivity contribution in [2.75, 3.05) is 0 Å². The molecule has 0 bridgehead atoms. The molecule has 0 heterocycles. The van der Waals surface area contributed by atoms with Crippen molar-refractivity contribution in [1.29, 1.82) is 0 Å². The number of ether oxygens (including phenoxy) is 1. The number of amides is 3. The zero-order valence-corrected chi connectivity index (χ0v) is 15.4. The van der Waals surface area contributed by atoms with E-state index >= 15 is 0 Å². The number of urea groups is 1. The molecule has 0 radical (unpaired) electrons. The van der Waals surface area contributed by atoms with Crippen LogP contribution in [-0.4, -0.2) is 35.2 Å². The molecule has 0 saturated heterocycles. The molecule has 27 heavy (non-hydrogen) atoms. The summed E-state index contributed by atoms with van der Waals surface area (Å²) in [5, 5.41) is 14.0. The number of esters is 1. The van der Waals surface area contributed by atoms with Crippen molar-refractivity contribution in [3.05, 3.63) is 54.1 Å². The van der Waals surface area contributed by atoms with Gasteiger partial charge in [-0.1, -0.05) is 24.3 Å². The second-order valence-electron chi connectivity index (χ2n) is 6.29. The monoisotopic (exact) mass is 370 g/mol. The van der Waals surface area contributed by atoms with Crippen molar-refractivity contribution < 1.29 is 24.2 Å².